The molecule has 2 rings (SSSR count). The number of rotatable bonds is 6. The molecule has 0 saturated carbocycles. The van der Waals surface area contributed by atoms with Crippen molar-refractivity contribution in [2.75, 3.05) is 6.61 Å². The van der Waals surface area contributed by atoms with Crippen molar-refractivity contribution in [1.82, 2.24) is 20.2 Å². The molecule has 0 spiro atoms. The Morgan fingerprint density at radius 1 is 1.32 bits per heavy atom. The molecule has 0 aliphatic heterocycles. The Bertz CT molecular complexity index is 527. The predicted octanol–water partition coefficient (Wildman–Crippen LogP) is 0.815. The Labute approximate surface area is 110 Å². The molecule has 0 amide bonds. The maximum Gasteiger partial charge on any atom is 0.327 e. The molecule has 19 heavy (non-hydrogen) atoms. The van der Waals surface area contributed by atoms with Crippen molar-refractivity contribution in [2.24, 2.45) is 0 Å². The summed E-state index contributed by atoms with van der Waals surface area (Å²) in [5.41, 5.74) is 0. The van der Waals surface area contributed by atoms with E-state index in [9.17, 15) is 4.79 Å². The maximum absolute atomic E-state index is 11.4. The van der Waals surface area contributed by atoms with Crippen LogP contribution in [0.4, 0.5) is 0 Å². The molecule has 0 fully saturated rings. The van der Waals surface area contributed by atoms with E-state index in [1.165, 1.54) is 4.68 Å². The highest BCUT2D eigenvalue weighted by molar-refractivity contribution is 5.69. The summed E-state index contributed by atoms with van der Waals surface area (Å²) in [6.07, 6.45) is 0. The van der Waals surface area contributed by atoms with Crippen molar-refractivity contribution < 1.29 is 14.3 Å². The summed E-state index contributed by atoms with van der Waals surface area (Å²) in [6, 6.07) is 9.31. The molecule has 2 aromatic rings. The first-order valence-electron chi connectivity index (χ1n) is 5.88. The third kappa shape index (κ3) is 3.77. The minimum atomic E-state index is -0.379. The second-order valence-corrected chi connectivity index (χ2v) is 3.66. The highest BCUT2D eigenvalue weighted by atomic mass is 16.5. The molecule has 0 unspecified atom stereocenters. The number of aromatic nitrogens is 4. The Morgan fingerprint density at radius 2 is 2.11 bits per heavy atom. The van der Waals surface area contributed by atoms with Crippen LogP contribution in [0.25, 0.3) is 0 Å². The van der Waals surface area contributed by atoms with Gasteiger partial charge in [0.2, 0.25) is 0 Å². The standard InChI is InChI=1S/C12H14N4O3/c1-2-18-12(17)8-16-11(13-14-15-16)9-19-10-6-4-3-5-7-10/h3-7H,2,8-9H2,1H3. The van der Waals surface area contributed by atoms with E-state index < -0.39 is 0 Å². The van der Waals surface area contributed by atoms with Crippen LogP contribution in [0.1, 0.15) is 12.7 Å². The Kier molecular flexibility index (Phi) is 4.44. The van der Waals surface area contributed by atoms with Crippen LogP contribution in [-0.4, -0.2) is 32.8 Å². The number of para-hydroxylation sites is 1. The van der Waals surface area contributed by atoms with Crippen LogP contribution < -0.4 is 4.74 Å². The van der Waals surface area contributed by atoms with Gasteiger partial charge in [-0.2, -0.15) is 0 Å². The molecule has 0 N–H and O–H groups in total. The van der Waals surface area contributed by atoms with Crippen molar-refractivity contribution in [3.05, 3.63) is 36.2 Å². The molecule has 100 valence electrons. The van der Waals surface area contributed by atoms with E-state index in [1.807, 2.05) is 30.3 Å². The zero-order valence-corrected chi connectivity index (χ0v) is 10.5. The SMILES string of the molecule is CCOC(=O)Cn1nnnc1COc1ccccc1. The van der Waals surface area contributed by atoms with Gasteiger partial charge < -0.3 is 9.47 Å². The lowest BCUT2D eigenvalue weighted by Crippen LogP contribution is -2.17. The number of esters is 1. The third-order valence-electron chi connectivity index (χ3n) is 2.30. The zero-order valence-electron chi connectivity index (χ0n) is 10.5. The number of tetrazole rings is 1. The monoisotopic (exact) mass is 262 g/mol. The summed E-state index contributed by atoms with van der Waals surface area (Å²) in [4.78, 5) is 11.4. The minimum absolute atomic E-state index is 0.0195. The van der Waals surface area contributed by atoms with Crippen LogP contribution in [-0.2, 0) is 22.7 Å². The van der Waals surface area contributed by atoms with Gasteiger partial charge in [-0.05, 0) is 29.5 Å². The van der Waals surface area contributed by atoms with Crippen LogP contribution >= 0.6 is 0 Å². The minimum Gasteiger partial charge on any atom is -0.486 e. The number of hydrogen-bond acceptors (Lipinski definition) is 6. The van der Waals surface area contributed by atoms with Gasteiger partial charge in [-0.3, -0.25) is 4.79 Å². The van der Waals surface area contributed by atoms with E-state index in [1.54, 1.807) is 6.92 Å². The van der Waals surface area contributed by atoms with Crippen LogP contribution in [0.3, 0.4) is 0 Å². The molecule has 7 nitrogen and oxygen atoms in total. The number of nitrogens with zero attached hydrogens (tertiary/aromatic N) is 4. The molecule has 0 atom stereocenters. The summed E-state index contributed by atoms with van der Waals surface area (Å²) < 4.78 is 11.7. The van der Waals surface area contributed by atoms with E-state index in [0.717, 1.165) is 0 Å². The second kappa shape index (κ2) is 6.48. The van der Waals surface area contributed by atoms with E-state index in [-0.39, 0.29) is 19.1 Å². The summed E-state index contributed by atoms with van der Waals surface area (Å²) in [7, 11) is 0. The molecule has 7 heteroatoms. The lowest BCUT2D eigenvalue weighted by Gasteiger charge is -2.06. The normalized spacial score (nSPS) is 10.2. The zero-order chi connectivity index (χ0) is 13.5. The molecule has 1 heterocycles. The highest BCUT2D eigenvalue weighted by Crippen LogP contribution is 2.10. The van der Waals surface area contributed by atoms with Gasteiger partial charge >= 0.3 is 5.97 Å². The summed E-state index contributed by atoms with van der Waals surface area (Å²) in [5, 5.41) is 11.1. The maximum atomic E-state index is 11.4. The van der Waals surface area contributed by atoms with Crippen molar-refractivity contribution in [1.29, 1.82) is 0 Å². The summed E-state index contributed by atoms with van der Waals surface area (Å²) in [6.45, 7) is 2.25. The van der Waals surface area contributed by atoms with Gasteiger partial charge in [0.05, 0.1) is 6.61 Å². The largest absolute Gasteiger partial charge is 0.486 e. The first-order chi connectivity index (χ1) is 9.29. The van der Waals surface area contributed by atoms with Gasteiger partial charge in [0.15, 0.2) is 5.82 Å². The smallest absolute Gasteiger partial charge is 0.327 e. The fourth-order valence-corrected chi connectivity index (χ4v) is 1.44. The Balaban J connectivity index is 1.94. The summed E-state index contributed by atoms with van der Waals surface area (Å²) in [5.74, 6) is 0.806. The molecule has 0 aliphatic carbocycles. The van der Waals surface area contributed by atoms with Crippen LogP contribution in [0.2, 0.25) is 0 Å². The predicted molar refractivity (Wildman–Crippen MR) is 65.2 cm³/mol. The second-order valence-electron chi connectivity index (χ2n) is 3.66. The van der Waals surface area contributed by atoms with Gasteiger partial charge in [0.25, 0.3) is 0 Å². The average molecular weight is 262 g/mol. The van der Waals surface area contributed by atoms with Gasteiger partial charge in [-0.1, -0.05) is 18.2 Å². The number of ether oxygens (including phenoxy) is 2. The fourth-order valence-electron chi connectivity index (χ4n) is 1.44. The number of carbonyl (C=O) groups excluding carboxylic acids is 1. The topological polar surface area (TPSA) is 79.1 Å². The van der Waals surface area contributed by atoms with Crippen molar-refractivity contribution in [3.63, 3.8) is 0 Å². The number of benzene rings is 1. The molecule has 0 radical (unpaired) electrons. The van der Waals surface area contributed by atoms with Crippen molar-refractivity contribution in [3.8, 4) is 5.75 Å². The van der Waals surface area contributed by atoms with E-state index in [0.29, 0.717) is 18.2 Å². The third-order valence-corrected chi connectivity index (χ3v) is 2.30. The molecule has 1 aromatic carbocycles. The molecular weight excluding hydrogens is 248 g/mol. The first-order valence-corrected chi connectivity index (χ1v) is 5.88. The van der Waals surface area contributed by atoms with Gasteiger partial charge in [0.1, 0.15) is 18.9 Å². The highest BCUT2D eigenvalue weighted by Gasteiger charge is 2.11. The van der Waals surface area contributed by atoms with Gasteiger partial charge in [-0.25, -0.2) is 4.68 Å². The van der Waals surface area contributed by atoms with Gasteiger partial charge in [-0.15, -0.1) is 5.10 Å². The van der Waals surface area contributed by atoms with Crippen LogP contribution in [0.15, 0.2) is 30.3 Å². The van der Waals surface area contributed by atoms with E-state index in [4.69, 9.17) is 9.47 Å². The molecule has 1 aromatic heterocycles. The average Bonchev–Trinajstić information content (AvgIpc) is 2.85. The molecule has 0 aliphatic rings. The van der Waals surface area contributed by atoms with Gasteiger partial charge in [0, 0.05) is 0 Å². The first kappa shape index (κ1) is 13.0. The van der Waals surface area contributed by atoms with Crippen molar-refractivity contribution in [2.45, 2.75) is 20.1 Å². The van der Waals surface area contributed by atoms with Crippen LogP contribution in [0, 0.1) is 0 Å². The molecule has 0 bridgehead atoms. The molecular formula is C12H14N4O3. The van der Waals surface area contributed by atoms with Crippen molar-refractivity contribution >= 4 is 5.97 Å². The summed E-state index contributed by atoms with van der Waals surface area (Å²) >= 11 is 0. The Morgan fingerprint density at radius 3 is 2.84 bits per heavy atom. The van der Waals surface area contributed by atoms with Crippen LogP contribution in [0.5, 0.6) is 5.75 Å². The Hall–Kier alpha value is -2.44. The van der Waals surface area contributed by atoms with E-state index >= 15 is 0 Å². The number of carbonyl (C=O) groups is 1. The fraction of sp³-hybridized carbons (Fsp3) is 0.333. The molecule has 0 saturated heterocycles. The van der Waals surface area contributed by atoms with E-state index in [2.05, 4.69) is 15.5 Å². The quantitative estimate of drug-likeness (QED) is 0.717. The lowest BCUT2D eigenvalue weighted by atomic mass is 10.3. The number of hydrogen-bond donors (Lipinski definition) is 0. The lowest BCUT2D eigenvalue weighted by molar-refractivity contribution is -0.144.